The largest absolute Gasteiger partial charge is 0.469 e. The predicted octanol–water partition coefficient (Wildman–Crippen LogP) is 5.82. The smallest absolute Gasteiger partial charge is 0.105 e. The van der Waals surface area contributed by atoms with Crippen LogP contribution in [-0.2, 0) is 38.5 Å². The minimum absolute atomic E-state index is 0.104. The van der Waals surface area contributed by atoms with Gasteiger partial charge in [-0.05, 0) is 72.8 Å². The Bertz CT molecular complexity index is 1730. The lowest BCUT2D eigenvalue weighted by Crippen LogP contribution is -2.74. The number of hydrogen-bond acceptors (Lipinski definition) is 12. The number of furan rings is 6. The maximum absolute atomic E-state index is 5.96. The van der Waals surface area contributed by atoms with E-state index < -0.39 is 0 Å². The molecule has 6 bridgehead atoms. The molecule has 5 saturated heterocycles. The third-order valence-electron chi connectivity index (χ3n) is 12.1. The van der Waals surface area contributed by atoms with Gasteiger partial charge in [-0.2, -0.15) is 0 Å². The SMILES string of the molecule is c1coc(CCN2C3C4N(CCc5ccco5)C2C2N(CCc5ccco5)C(C(N2CCc2ccco2)N4CCc2ccco2)N3CCc2ccco2)c1. The zero-order valence-corrected chi connectivity index (χ0v) is 30.5. The lowest BCUT2D eigenvalue weighted by molar-refractivity contribution is -0.154. The van der Waals surface area contributed by atoms with Crippen LogP contribution in [0.25, 0.3) is 0 Å². The molecule has 0 atom stereocenters. The van der Waals surface area contributed by atoms with Crippen molar-refractivity contribution in [2.45, 2.75) is 75.5 Å². The minimum Gasteiger partial charge on any atom is -0.469 e. The number of hydrogen-bond donors (Lipinski definition) is 0. The molecule has 6 aromatic heterocycles. The molecule has 0 N–H and O–H groups in total. The summed E-state index contributed by atoms with van der Waals surface area (Å²) in [5.74, 6) is 6.08. The topological polar surface area (TPSA) is 98.3 Å². The molecule has 0 spiro atoms. The van der Waals surface area contributed by atoms with Gasteiger partial charge in [-0.1, -0.05) is 0 Å². The summed E-state index contributed by atoms with van der Waals surface area (Å²) in [5, 5.41) is 0. The standard InChI is InChI=1S/C42H48N6O6/c1-7-31(49-25-1)13-19-43-37-38-44(20-14-32-8-2-26-50-32)41(43)42-45(21-15-33-9-3-27-51-33)39(47(37)23-17-35-11-5-29-53-35)40(46(42)22-16-34-10-4-28-52-34)48(38)24-18-36-12-6-30-54-36/h1-12,25-30,37-42H,13-24H2. The molecule has 0 aliphatic carbocycles. The van der Waals surface area contributed by atoms with E-state index in [1.165, 1.54) is 0 Å². The molecule has 0 radical (unpaired) electrons. The first-order chi connectivity index (χ1) is 26.8. The van der Waals surface area contributed by atoms with Gasteiger partial charge in [0.1, 0.15) is 34.6 Å². The van der Waals surface area contributed by atoms with E-state index >= 15 is 0 Å². The molecule has 5 aliphatic rings. The minimum atomic E-state index is 0.104. The van der Waals surface area contributed by atoms with Gasteiger partial charge in [-0.3, -0.25) is 29.4 Å². The average Bonchev–Trinajstić information content (AvgIpc) is 4.03. The summed E-state index contributed by atoms with van der Waals surface area (Å²) in [5.41, 5.74) is 0. The molecule has 12 nitrogen and oxygen atoms in total. The Hall–Kier alpha value is -4.56. The van der Waals surface area contributed by atoms with Gasteiger partial charge >= 0.3 is 0 Å². The van der Waals surface area contributed by atoms with Gasteiger partial charge < -0.3 is 26.5 Å². The van der Waals surface area contributed by atoms with E-state index in [1.807, 2.05) is 36.4 Å². The maximum atomic E-state index is 5.96. The highest BCUT2D eigenvalue weighted by Gasteiger charge is 2.71. The number of piperazine rings is 1. The molecule has 11 rings (SSSR count). The van der Waals surface area contributed by atoms with Crippen LogP contribution in [0, 0.1) is 0 Å². The van der Waals surface area contributed by atoms with Crippen molar-refractivity contribution in [1.29, 1.82) is 0 Å². The van der Waals surface area contributed by atoms with Crippen molar-refractivity contribution >= 4 is 0 Å². The first-order valence-corrected chi connectivity index (χ1v) is 19.5. The molecule has 6 aromatic rings. The summed E-state index contributed by atoms with van der Waals surface area (Å²) in [7, 11) is 0. The van der Waals surface area contributed by atoms with E-state index in [1.54, 1.807) is 37.6 Å². The fourth-order valence-electron chi connectivity index (χ4n) is 9.89. The van der Waals surface area contributed by atoms with Crippen molar-refractivity contribution in [3.05, 3.63) is 145 Å². The third-order valence-corrected chi connectivity index (χ3v) is 12.1. The fraction of sp³-hybridized carbons (Fsp3) is 0.429. The van der Waals surface area contributed by atoms with Crippen LogP contribution in [0.2, 0.25) is 0 Å². The molecule has 0 amide bonds. The van der Waals surface area contributed by atoms with E-state index in [0.29, 0.717) is 0 Å². The van der Waals surface area contributed by atoms with E-state index in [2.05, 4.69) is 65.8 Å². The summed E-state index contributed by atoms with van der Waals surface area (Å²) in [6.07, 6.45) is 16.5. The maximum Gasteiger partial charge on any atom is 0.105 e. The van der Waals surface area contributed by atoms with Crippen molar-refractivity contribution in [2.75, 3.05) is 39.3 Å². The van der Waals surface area contributed by atoms with Crippen molar-refractivity contribution in [1.82, 2.24) is 29.4 Å². The van der Waals surface area contributed by atoms with Crippen molar-refractivity contribution in [2.24, 2.45) is 0 Å². The van der Waals surface area contributed by atoms with Gasteiger partial charge in [0, 0.05) is 77.8 Å². The summed E-state index contributed by atoms with van der Waals surface area (Å²) in [6.45, 7) is 5.21. The highest BCUT2D eigenvalue weighted by atomic mass is 16.3. The first kappa shape index (κ1) is 34.0. The van der Waals surface area contributed by atoms with Crippen LogP contribution in [0.3, 0.4) is 0 Å². The zero-order chi connectivity index (χ0) is 35.8. The van der Waals surface area contributed by atoms with Gasteiger partial charge in [0.15, 0.2) is 0 Å². The molecule has 5 fully saturated rings. The van der Waals surface area contributed by atoms with Crippen LogP contribution in [0.1, 0.15) is 34.6 Å². The van der Waals surface area contributed by atoms with Crippen molar-refractivity contribution in [3.63, 3.8) is 0 Å². The number of nitrogens with zero attached hydrogens (tertiary/aromatic N) is 6. The van der Waals surface area contributed by atoms with Gasteiger partial charge in [0.25, 0.3) is 0 Å². The Kier molecular flexibility index (Phi) is 9.39. The van der Waals surface area contributed by atoms with Crippen LogP contribution >= 0.6 is 0 Å². The molecule has 282 valence electrons. The number of rotatable bonds is 18. The summed E-state index contributed by atoms with van der Waals surface area (Å²) >= 11 is 0. The molecular formula is C42H48N6O6. The second-order valence-corrected chi connectivity index (χ2v) is 14.9. The Balaban J connectivity index is 1.10. The first-order valence-electron chi connectivity index (χ1n) is 19.5. The second-order valence-electron chi connectivity index (χ2n) is 14.9. The molecule has 5 aliphatic heterocycles. The zero-order valence-electron chi connectivity index (χ0n) is 30.5. The molecule has 0 aromatic carbocycles. The molecule has 11 heterocycles. The molecular weight excluding hydrogens is 684 g/mol. The van der Waals surface area contributed by atoms with E-state index in [9.17, 15) is 0 Å². The summed E-state index contributed by atoms with van der Waals surface area (Å²) in [6, 6.07) is 24.6. The Morgan fingerprint density at radius 1 is 0.278 bits per heavy atom. The quantitative estimate of drug-likeness (QED) is 0.107. The van der Waals surface area contributed by atoms with Crippen LogP contribution in [-0.4, -0.2) is 106 Å². The van der Waals surface area contributed by atoms with Crippen molar-refractivity contribution in [3.8, 4) is 0 Å². The highest BCUT2D eigenvalue weighted by molar-refractivity contribution is 5.20. The monoisotopic (exact) mass is 732 g/mol. The van der Waals surface area contributed by atoms with E-state index in [0.717, 1.165) is 112 Å². The van der Waals surface area contributed by atoms with E-state index in [4.69, 9.17) is 26.5 Å². The van der Waals surface area contributed by atoms with Crippen LogP contribution in [0.15, 0.2) is 137 Å². The van der Waals surface area contributed by atoms with Gasteiger partial charge in [0.05, 0.1) is 74.6 Å². The third kappa shape index (κ3) is 6.30. The molecule has 12 heteroatoms. The lowest BCUT2D eigenvalue weighted by atomic mass is 10.0. The normalized spacial score (nSPS) is 26.2. The predicted molar refractivity (Wildman–Crippen MR) is 197 cm³/mol. The average molecular weight is 733 g/mol. The van der Waals surface area contributed by atoms with Crippen LogP contribution in [0.5, 0.6) is 0 Å². The van der Waals surface area contributed by atoms with Crippen LogP contribution in [0.4, 0.5) is 0 Å². The molecule has 0 unspecified atom stereocenters. The Morgan fingerprint density at radius 2 is 0.444 bits per heavy atom. The van der Waals surface area contributed by atoms with Gasteiger partial charge in [0.2, 0.25) is 0 Å². The summed E-state index contributed by atoms with van der Waals surface area (Å²) < 4.78 is 35.7. The van der Waals surface area contributed by atoms with Gasteiger partial charge in [-0.25, -0.2) is 0 Å². The highest BCUT2D eigenvalue weighted by Crippen LogP contribution is 2.51. The van der Waals surface area contributed by atoms with Crippen molar-refractivity contribution < 1.29 is 26.5 Å². The Labute approximate surface area is 315 Å². The fourth-order valence-corrected chi connectivity index (χ4v) is 9.89. The molecule has 54 heavy (non-hydrogen) atoms. The van der Waals surface area contributed by atoms with Gasteiger partial charge in [-0.15, -0.1) is 0 Å². The summed E-state index contributed by atoms with van der Waals surface area (Å²) in [4.78, 5) is 16.8. The second kappa shape index (κ2) is 14.9. The van der Waals surface area contributed by atoms with Crippen LogP contribution < -0.4 is 0 Å². The Morgan fingerprint density at radius 3 is 0.574 bits per heavy atom. The molecule has 0 saturated carbocycles. The van der Waals surface area contributed by atoms with E-state index in [-0.39, 0.29) is 37.0 Å². The lowest BCUT2D eigenvalue weighted by Gasteiger charge is -2.56.